The number of nitrogens with zero attached hydrogens (tertiary/aromatic N) is 1. The van der Waals surface area contributed by atoms with Crippen LogP contribution in [0.1, 0.15) is 25.5 Å². The van der Waals surface area contributed by atoms with Gasteiger partial charge in [-0.05, 0) is 17.7 Å². The first kappa shape index (κ1) is 14.8. The third-order valence-electron chi connectivity index (χ3n) is 4.55. The van der Waals surface area contributed by atoms with Crippen molar-refractivity contribution in [3.8, 4) is 11.1 Å². The Balaban J connectivity index is 2.26. The normalized spacial score (nSPS) is 11.7. The van der Waals surface area contributed by atoms with Crippen molar-refractivity contribution in [1.29, 1.82) is 0 Å². The molecule has 2 aromatic heterocycles. The van der Waals surface area contributed by atoms with E-state index in [-0.39, 0.29) is 11.3 Å². The minimum Gasteiger partial charge on any atom is -0.454 e. The molecule has 24 heavy (non-hydrogen) atoms. The number of hydrogen-bond acceptors (Lipinski definition) is 2. The molecule has 2 aromatic carbocycles. The monoisotopic (exact) mass is 317 g/mol. The topological polar surface area (TPSA) is 35.1 Å². The van der Waals surface area contributed by atoms with Gasteiger partial charge in [-0.15, -0.1) is 0 Å². The summed E-state index contributed by atoms with van der Waals surface area (Å²) in [5.41, 5.74) is 4.29. The SMILES string of the molecule is CC(C)c1oc2c(=O)c3ccccc3n(C)c2c1-c1ccccc1. The summed E-state index contributed by atoms with van der Waals surface area (Å²) in [6.07, 6.45) is 0. The van der Waals surface area contributed by atoms with Gasteiger partial charge in [-0.2, -0.15) is 0 Å². The Morgan fingerprint density at radius 2 is 1.62 bits per heavy atom. The summed E-state index contributed by atoms with van der Waals surface area (Å²) in [4.78, 5) is 13.0. The van der Waals surface area contributed by atoms with Gasteiger partial charge in [-0.3, -0.25) is 4.79 Å². The molecule has 0 saturated carbocycles. The molecule has 0 fully saturated rings. The van der Waals surface area contributed by atoms with Crippen LogP contribution < -0.4 is 5.43 Å². The van der Waals surface area contributed by atoms with Gasteiger partial charge < -0.3 is 8.98 Å². The molecule has 4 rings (SSSR count). The standard InChI is InChI=1S/C21H19NO2/c1-13(2)20-17(14-9-5-4-6-10-14)18-21(24-20)19(23)15-11-7-8-12-16(15)22(18)3/h4-13H,1-3H3. The Labute approximate surface area is 140 Å². The van der Waals surface area contributed by atoms with Crippen molar-refractivity contribution in [1.82, 2.24) is 4.57 Å². The van der Waals surface area contributed by atoms with Crippen LogP contribution in [0.4, 0.5) is 0 Å². The molecule has 0 saturated heterocycles. The number of fused-ring (bicyclic) bond motifs is 2. The predicted molar refractivity (Wildman–Crippen MR) is 98.5 cm³/mol. The molecule has 0 aliphatic carbocycles. The van der Waals surface area contributed by atoms with Crippen molar-refractivity contribution < 1.29 is 4.42 Å². The zero-order valence-electron chi connectivity index (χ0n) is 14.0. The van der Waals surface area contributed by atoms with E-state index in [2.05, 4.69) is 30.5 Å². The van der Waals surface area contributed by atoms with Gasteiger partial charge >= 0.3 is 0 Å². The largest absolute Gasteiger partial charge is 0.454 e. The highest BCUT2D eigenvalue weighted by Crippen LogP contribution is 2.38. The van der Waals surface area contributed by atoms with E-state index < -0.39 is 0 Å². The smallest absolute Gasteiger partial charge is 0.232 e. The second kappa shape index (κ2) is 5.38. The average molecular weight is 317 g/mol. The highest BCUT2D eigenvalue weighted by molar-refractivity contribution is 5.99. The first-order chi connectivity index (χ1) is 11.6. The van der Waals surface area contributed by atoms with E-state index in [1.807, 2.05) is 49.5 Å². The van der Waals surface area contributed by atoms with Crippen molar-refractivity contribution in [3.63, 3.8) is 0 Å². The quantitative estimate of drug-likeness (QED) is 0.517. The zero-order chi connectivity index (χ0) is 16.8. The van der Waals surface area contributed by atoms with Gasteiger partial charge in [0.15, 0.2) is 5.58 Å². The third kappa shape index (κ3) is 2.01. The summed E-state index contributed by atoms with van der Waals surface area (Å²) >= 11 is 0. The van der Waals surface area contributed by atoms with Gasteiger partial charge in [-0.25, -0.2) is 0 Å². The molecule has 3 heteroatoms. The first-order valence-corrected chi connectivity index (χ1v) is 8.19. The molecule has 0 N–H and O–H groups in total. The number of rotatable bonds is 2. The second-order valence-corrected chi connectivity index (χ2v) is 6.45. The van der Waals surface area contributed by atoms with Crippen LogP contribution in [-0.4, -0.2) is 4.57 Å². The van der Waals surface area contributed by atoms with E-state index in [4.69, 9.17) is 4.42 Å². The number of para-hydroxylation sites is 1. The van der Waals surface area contributed by atoms with Crippen LogP contribution in [-0.2, 0) is 7.05 Å². The second-order valence-electron chi connectivity index (χ2n) is 6.45. The van der Waals surface area contributed by atoms with Crippen LogP contribution in [0.3, 0.4) is 0 Å². The molecule has 0 radical (unpaired) electrons. The lowest BCUT2D eigenvalue weighted by molar-refractivity contribution is 0.521. The lowest BCUT2D eigenvalue weighted by Crippen LogP contribution is -2.07. The van der Waals surface area contributed by atoms with Crippen LogP contribution in [0.2, 0.25) is 0 Å². The Bertz CT molecular complexity index is 1100. The van der Waals surface area contributed by atoms with E-state index in [9.17, 15) is 4.79 Å². The molecule has 0 atom stereocenters. The van der Waals surface area contributed by atoms with Crippen LogP contribution in [0.25, 0.3) is 33.1 Å². The van der Waals surface area contributed by atoms with Gasteiger partial charge in [0, 0.05) is 23.9 Å². The maximum atomic E-state index is 13.0. The van der Waals surface area contributed by atoms with E-state index >= 15 is 0 Å². The average Bonchev–Trinajstić information content (AvgIpc) is 3.02. The van der Waals surface area contributed by atoms with Crippen LogP contribution in [0.5, 0.6) is 0 Å². The molecule has 4 aromatic rings. The number of furan rings is 1. The van der Waals surface area contributed by atoms with Crippen molar-refractivity contribution in [3.05, 3.63) is 70.6 Å². The highest BCUT2D eigenvalue weighted by Gasteiger charge is 2.23. The van der Waals surface area contributed by atoms with Crippen LogP contribution in [0, 0.1) is 0 Å². The third-order valence-corrected chi connectivity index (χ3v) is 4.55. The Hall–Kier alpha value is -2.81. The molecule has 0 aliphatic rings. The Morgan fingerprint density at radius 3 is 2.33 bits per heavy atom. The molecular weight excluding hydrogens is 298 g/mol. The molecule has 0 spiro atoms. The molecule has 0 amide bonds. The van der Waals surface area contributed by atoms with Crippen molar-refractivity contribution >= 4 is 22.0 Å². The van der Waals surface area contributed by atoms with Crippen molar-refractivity contribution in [2.45, 2.75) is 19.8 Å². The maximum absolute atomic E-state index is 13.0. The van der Waals surface area contributed by atoms with Crippen LogP contribution >= 0.6 is 0 Å². The van der Waals surface area contributed by atoms with Gasteiger partial charge in [0.05, 0.1) is 11.0 Å². The molecule has 0 bridgehead atoms. The number of aryl methyl sites for hydroxylation is 1. The number of hydrogen-bond donors (Lipinski definition) is 0. The van der Waals surface area contributed by atoms with E-state index in [0.717, 1.165) is 27.9 Å². The van der Waals surface area contributed by atoms with Crippen LogP contribution in [0.15, 0.2) is 63.8 Å². The van der Waals surface area contributed by atoms with E-state index in [0.29, 0.717) is 11.0 Å². The fourth-order valence-electron chi connectivity index (χ4n) is 3.40. The highest BCUT2D eigenvalue weighted by atomic mass is 16.3. The fraction of sp³-hybridized carbons (Fsp3) is 0.190. The molecule has 120 valence electrons. The summed E-state index contributed by atoms with van der Waals surface area (Å²) in [5, 5.41) is 0.691. The molecule has 0 aliphatic heterocycles. The fourth-order valence-corrected chi connectivity index (χ4v) is 3.40. The number of aromatic nitrogens is 1. The lowest BCUT2D eigenvalue weighted by atomic mass is 9.99. The van der Waals surface area contributed by atoms with Gasteiger partial charge in [-0.1, -0.05) is 56.3 Å². The predicted octanol–water partition coefficient (Wildman–Crippen LogP) is 5.08. The minimum absolute atomic E-state index is 0.0391. The summed E-state index contributed by atoms with van der Waals surface area (Å²) in [6, 6.07) is 17.8. The molecule has 3 nitrogen and oxygen atoms in total. The first-order valence-electron chi connectivity index (χ1n) is 8.19. The Morgan fingerprint density at radius 1 is 0.958 bits per heavy atom. The van der Waals surface area contributed by atoms with Crippen molar-refractivity contribution in [2.75, 3.05) is 0 Å². The zero-order valence-corrected chi connectivity index (χ0v) is 14.0. The number of benzene rings is 2. The summed E-state index contributed by atoms with van der Waals surface area (Å²) in [5.74, 6) is 1.05. The van der Waals surface area contributed by atoms with E-state index in [1.165, 1.54) is 0 Å². The number of pyridine rings is 1. The van der Waals surface area contributed by atoms with E-state index in [1.54, 1.807) is 0 Å². The van der Waals surface area contributed by atoms with Gasteiger partial charge in [0.2, 0.25) is 5.43 Å². The molecular formula is C21H19NO2. The lowest BCUT2D eigenvalue weighted by Gasteiger charge is -2.10. The van der Waals surface area contributed by atoms with Crippen molar-refractivity contribution in [2.24, 2.45) is 7.05 Å². The van der Waals surface area contributed by atoms with Gasteiger partial charge in [0.1, 0.15) is 5.76 Å². The Kier molecular flexibility index (Phi) is 3.31. The minimum atomic E-state index is -0.0391. The summed E-state index contributed by atoms with van der Waals surface area (Å²) in [7, 11) is 2.00. The maximum Gasteiger partial charge on any atom is 0.232 e. The van der Waals surface area contributed by atoms with Gasteiger partial charge in [0.25, 0.3) is 0 Å². The molecule has 0 unspecified atom stereocenters. The summed E-state index contributed by atoms with van der Waals surface area (Å²) in [6.45, 7) is 4.18. The summed E-state index contributed by atoms with van der Waals surface area (Å²) < 4.78 is 8.17. The molecule has 2 heterocycles.